The highest BCUT2D eigenvalue weighted by molar-refractivity contribution is 7.12. The molecule has 1 N–H and O–H groups in total. The molecule has 0 saturated heterocycles. The van der Waals surface area contributed by atoms with Gasteiger partial charge in [-0.25, -0.2) is 0 Å². The third-order valence-corrected chi connectivity index (χ3v) is 4.40. The fourth-order valence-electron chi connectivity index (χ4n) is 2.27. The third kappa shape index (κ3) is 3.21. The van der Waals surface area contributed by atoms with Crippen molar-refractivity contribution in [3.63, 3.8) is 0 Å². The zero-order valence-electron chi connectivity index (χ0n) is 11.2. The lowest BCUT2D eigenvalue weighted by Gasteiger charge is -2.10. The zero-order chi connectivity index (χ0) is 13.1. The molecule has 1 atom stereocenters. The summed E-state index contributed by atoms with van der Waals surface area (Å²) < 4.78 is 0. The van der Waals surface area contributed by atoms with E-state index in [-0.39, 0.29) is 6.10 Å². The van der Waals surface area contributed by atoms with Crippen molar-refractivity contribution in [2.75, 3.05) is 0 Å². The number of rotatable bonds is 4. The van der Waals surface area contributed by atoms with Crippen LogP contribution in [0, 0.1) is 13.8 Å². The predicted molar refractivity (Wildman–Crippen MR) is 78.3 cm³/mol. The van der Waals surface area contributed by atoms with Crippen LogP contribution < -0.4 is 0 Å². The second-order valence-electron chi connectivity index (χ2n) is 4.87. The Hall–Kier alpha value is -1.12. The van der Waals surface area contributed by atoms with Gasteiger partial charge < -0.3 is 5.11 Å². The molecule has 0 bridgehead atoms. The molecule has 1 aromatic heterocycles. The Morgan fingerprint density at radius 3 is 2.33 bits per heavy atom. The Morgan fingerprint density at radius 1 is 1.11 bits per heavy atom. The first-order valence-corrected chi connectivity index (χ1v) is 7.24. The molecule has 2 aromatic rings. The van der Waals surface area contributed by atoms with Gasteiger partial charge in [0.1, 0.15) is 0 Å². The van der Waals surface area contributed by atoms with Crippen molar-refractivity contribution in [3.05, 3.63) is 56.8 Å². The number of aliphatic hydroxyl groups excluding tert-OH is 1. The van der Waals surface area contributed by atoms with Gasteiger partial charge in [0.05, 0.1) is 6.10 Å². The van der Waals surface area contributed by atoms with E-state index in [9.17, 15) is 5.11 Å². The molecule has 0 aliphatic carbocycles. The van der Waals surface area contributed by atoms with E-state index in [2.05, 4.69) is 51.1 Å². The molecule has 1 unspecified atom stereocenters. The van der Waals surface area contributed by atoms with Crippen molar-refractivity contribution in [3.8, 4) is 0 Å². The Bertz CT molecular complexity index is 507. The maximum Gasteiger partial charge on any atom is 0.0922 e. The van der Waals surface area contributed by atoms with Gasteiger partial charge in [0.15, 0.2) is 0 Å². The Morgan fingerprint density at radius 2 is 1.78 bits per heavy atom. The highest BCUT2D eigenvalue weighted by atomic mass is 32.1. The minimum atomic E-state index is -0.378. The van der Waals surface area contributed by atoms with Crippen LogP contribution in [0.5, 0.6) is 0 Å². The summed E-state index contributed by atoms with van der Waals surface area (Å²) in [6, 6.07) is 10.6. The molecule has 0 spiro atoms. The lowest BCUT2D eigenvalue weighted by molar-refractivity contribution is 0.182. The van der Waals surface area contributed by atoms with Gasteiger partial charge in [0.2, 0.25) is 0 Å². The highest BCUT2D eigenvalue weighted by Crippen LogP contribution is 2.26. The highest BCUT2D eigenvalue weighted by Gasteiger charge is 2.11. The molecule has 1 nitrogen and oxygen atoms in total. The molecule has 1 heterocycles. The molecule has 0 aliphatic rings. The number of benzene rings is 1. The van der Waals surface area contributed by atoms with Crippen molar-refractivity contribution >= 4 is 11.3 Å². The van der Waals surface area contributed by atoms with Crippen LogP contribution in [0.2, 0.25) is 0 Å². The van der Waals surface area contributed by atoms with Crippen LogP contribution in [0.25, 0.3) is 0 Å². The number of aryl methyl sites for hydroxylation is 3. The standard InChI is InChI=1S/C16H20OS/c1-4-14-5-6-16(18-14)15(17)10-13-8-11(2)7-12(3)9-13/h5-9,15,17H,4,10H2,1-3H3. The lowest BCUT2D eigenvalue weighted by atomic mass is 10.0. The molecular weight excluding hydrogens is 240 g/mol. The molecule has 0 aliphatic heterocycles. The molecule has 1 aromatic carbocycles. The number of hydrogen-bond donors (Lipinski definition) is 1. The van der Waals surface area contributed by atoms with E-state index in [1.54, 1.807) is 11.3 Å². The average molecular weight is 260 g/mol. The summed E-state index contributed by atoms with van der Waals surface area (Å²) in [5.41, 5.74) is 3.74. The van der Waals surface area contributed by atoms with Crippen LogP contribution >= 0.6 is 11.3 Å². The summed E-state index contributed by atoms with van der Waals surface area (Å²) in [5, 5.41) is 10.3. The molecule has 96 valence electrons. The molecule has 0 radical (unpaired) electrons. The second-order valence-corrected chi connectivity index (χ2v) is 6.07. The fraction of sp³-hybridized carbons (Fsp3) is 0.375. The summed E-state index contributed by atoms with van der Waals surface area (Å²) in [4.78, 5) is 2.41. The predicted octanol–water partition coefficient (Wildman–Crippen LogP) is 4.20. The summed E-state index contributed by atoms with van der Waals surface area (Å²) >= 11 is 1.72. The van der Waals surface area contributed by atoms with E-state index < -0.39 is 0 Å². The molecule has 0 saturated carbocycles. The molecular formula is C16H20OS. The van der Waals surface area contributed by atoms with Crippen LogP contribution in [0.4, 0.5) is 0 Å². The third-order valence-electron chi connectivity index (χ3n) is 3.07. The molecule has 0 fully saturated rings. The van der Waals surface area contributed by atoms with Crippen molar-refractivity contribution in [2.24, 2.45) is 0 Å². The summed E-state index contributed by atoms with van der Waals surface area (Å²) in [5.74, 6) is 0. The largest absolute Gasteiger partial charge is 0.387 e. The van der Waals surface area contributed by atoms with Gasteiger partial charge >= 0.3 is 0 Å². The lowest BCUT2D eigenvalue weighted by Crippen LogP contribution is -2.00. The van der Waals surface area contributed by atoms with Gasteiger partial charge in [-0.05, 0) is 38.0 Å². The molecule has 2 rings (SSSR count). The first-order valence-electron chi connectivity index (χ1n) is 6.42. The maximum atomic E-state index is 10.3. The quantitative estimate of drug-likeness (QED) is 0.873. The van der Waals surface area contributed by atoms with E-state index in [0.717, 1.165) is 11.3 Å². The van der Waals surface area contributed by atoms with Gasteiger partial charge in [0, 0.05) is 16.2 Å². The summed E-state index contributed by atoms with van der Waals surface area (Å²) in [7, 11) is 0. The van der Waals surface area contributed by atoms with E-state index in [4.69, 9.17) is 0 Å². The van der Waals surface area contributed by atoms with Crippen molar-refractivity contribution in [1.82, 2.24) is 0 Å². The Labute approximate surface area is 113 Å². The molecule has 0 amide bonds. The number of hydrogen-bond acceptors (Lipinski definition) is 2. The van der Waals surface area contributed by atoms with E-state index in [0.29, 0.717) is 6.42 Å². The minimum Gasteiger partial charge on any atom is -0.387 e. The van der Waals surface area contributed by atoms with Crippen LogP contribution in [0.15, 0.2) is 30.3 Å². The van der Waals surface area contributed by atoms with Gasteiger partial charge in [-0.1, -0.05) is 36.2 Å². The smallest absolute Gasteiger partial charge is 0.0922 e. The first-order chi connectivity index (χ1) is 8.58. The van der Waals surface area contributed by atoms with Crippen molar-refractivity contribution in [2.45, 2.75) is 39.7 Å². The summed E-state index contributed by atoms with van der Waals surface area (Å²) in [6.45, 7) is 6.35. The van der Waals surface area contributed by atoms with Crippen LogP contribution in [0.1, 0.15) is 39.5 Å². The number of thiophene rings is 1. The van der Waals surface area contributed by atoms with Gasteiger partial charge in [0.25, 0.3) is 0 Å². The van der Waals surface area contributed by atoms with Gasteiger partial charge in [-0.15, -0.1) is 11.3 Å². The summed E-state index contributed by atoms with van der Waals surface area (Å²) in [6.07, 6.45) is 1.36. The maximum absolute atomic E-state index is 10.3. The van der Waals surface area contributed by atoms with Crippen molar-refractivity contribution in [1.29, 1.82) is 0 Å². The first kappa shape index (κ1) is 13.3. The van der Waals surface area contributed by atoms with Crippen LogP contribution in [-0.2, 0) is 12.8 Å². The topological polar surface area (TPSA) is 20.2 Å². The average Bonchev–Trinajstić information content (AvgIpc) is 2.75. The minimum absolute atomic E-state index is 0.378. The SMILES string of the molecule is CCc1ccc(C(O)Cc2cc(C)cc(C)c2)s1. The van der Waals surface area contributed by atoms with Gasteiger partial charge in [-0.3, -0.25) is 0 Å². The fourth-order valence-corrected chi connectivity index (χ4v) is 3.21. The van der Waals surface area contributed by atoms with Crippen molar-refractivity contribution < 1.29 is 5.11 Å². The Kier molecular flexibility index (Phi) is 4.20. The monoisotopic (exact) mass is 260 g/mol. The van der Waals surface area contributed by atoms with Crippen LogP contribution in [-0.4, -0.2) is 5.11 Å². The van der Waals surface area contributed by atoms with E-state index >= 15 is 0 Å². The normalized spacial score (nSPS) is 12.7. The Balaban J connectivity index is 2.12. The van der Waals surface area contributed by atoms with Gasteiger partial charge in [-0.2, -0.15) is 0 Å². The van der Waals surface area contributed by atoms with E-state index in [1.165, 1.54) is 21.6 Å². The zero-order valence-corrected chi connectivity index (χ0v) is 12.1. The number of aliphatic hydroxyl groups is 1. The molecule has 18 heavy (non-hydrogen) atoms. The second kappa shape index (κ2) is 5.68. The van der Waals surface area contributed by atoms with E-state index in [1.807, 2.05) is 0 Å². The van der Waals surface area contributed by atoms with Crippen LogP contribution in [0.3, 0.4) is 0 Å². The molecule has 2 heteroatoms.